The molecule has 32 heavy (non-hydrogen) atoms. The number of aromatic nitrogens is 1. The van der Waals surface area contributed by atoms with Gasteiger partial charge in [0.05, 0.1) is 25.6 Å². The molecule has 1 aliphatic rings. The van der Waals surface area contributed by atoms with Crippen molar-refractivity contribution in [1.29, 1.82) is 0 Å². The Labute approximate surface area is 184 Å². The zero-order valence-electron chi connectivity index (χ0n) is 16.4. The van der Waals surface area contributed by atoms with E-state index in [2.05, 4.69) is 10.3 Å². The summed E-state index contributed by atoms with van der Waals surface area (Å²) in [6.07, 6.45) is 0.843. The molecule has 0 unspecified atom stereocenters. The van der Waals surface area contributed by atoms with Crippen LogP contribution in [0.2, 0.25) is 0 Å². The number of fused-ring (bicyclic) bond motifs is 2. The first-order valence-corrected chi connectivity index (χ1v) is 11.8. The molecule has 13 heteroatoms. The smallest absolute Gasteiger partial charge is 0.282 e. The molecule has 1 aliphatic heterocycles. The normalized spacial score (nSPS) is 13.5. The molecule has 2 aromatic carbocycles. The number of sulfone groups is 1. The van der Waals surface area contributed by atoms with Crippen molar-refractivity contribution >= 4 is 59.9 Å². The second kappa shape index (κ2) is 7.76. The molecule has 2 heterocycles. The highest BCUT2D eigenvalue weighted by Gasteiger charge is 2.40. The summed E-state index contributed by atoms with van der Waals surface area (Å²) in [5.74, 6) is -2.05. The Balaban J connectivity index is 1.45. The maximum atomic E-state index is 12.5. The van der Waals surface area contributed by atoms with Gasteiger partial charge in [0.2, 0.25) is 5.91 Å². The van der Waals surface area contributed by atoms with Gasteiger partial charge >= 0.3 is 0 Å². The van der Waals surface area contributed by atoms with Crippen molar-refractivity contribution in [2.45, 2.75) is 11.3 Å². The van der Waals surface area contributed by atoms with E-state index in [-0.39, 0.29) is 34.1 Å². The van der Waals surface area contributed by atoms with Gasteiger partial charge in [-0.2, -0.15) is 0 Å². The summed E-state index contributed by atoms with van der Waals surface area (Å²) < 4.78 is 23.9. The number of hydrogen-bond donors (Lipinski definition) is 1. The Morgan fingerprint density at radius 3 is 2.66 bits per heavy atom. The number of nitro benzene ring substituents is 1. The van der Waals surface area contributed by atoms with Crippen LogP contribution in [0.5, 0.6) is 0 Å². The molecule has 0 saturated heterocycles. The van der Waals surface area contributed by atoms with Crippen molar-refractivity contribution in [3.05, 3.63) is 57.6 Å². The molecule has 4 rings (SSSR count). The van der Waals surface area contributed by atoms with E-state index in [0.717, 1.165) is 28.6 Å². The maximum Gasteiger partial charge on any atom is 0.282 e. The standard InChI is InChI=1S/C19H14N4O7S2/c1-32(29,30)10-5-6-12-14(9-10)31-19(20-12)21-15(24)7-8-22-17(25)11-3-2-4-13(23(27)28)16(11)18(22)26/h2-6,9H,7-8H2,1H3,(H,20,21,24). The van der Waals surface area contributed by atoms with Gasteiger partial charge in [-0.1, -0.05) is 17.4 Å². The first kappa shape index (κ1) is 21.5. The van der Waals surface area contributed by atoms with Crippen LogP contribution in [0.15, 0.2) is 41.3 Å². The minimum Gasteiger partial charge on any atom is -0.302 e. The summed E-state index contributed by atoms with van der Waals surface area (Å²) in [6.45, 7) is -0.265. The van der Waals surface area contributed by atoms with Gasteiger partial charge in [-0.3, -0.25) is 29.4 Å². The predicted octanol–water partition coefficient (Wildman–Crippen LogP) is 2.23. The minimum atomic E-state index is -3.39. The van der Waals surface area contributed by atoms with Crippen LogP contribution in [0, 0.1) is 10.1 Å². The first-order chi connectivity index (χ1) is 15.1. The van der Waals surface area contributed by atoms with Gasteiger partial charge in [-0.05, 0) is 24.3 Å². The Morgan fingerprint density at radius 2 is 1.97 bits per heavy atom. The lowest BCUT2D eigenvalue weighted by molar-refractivity contribution is -0.385. The monoisotopic (exact) mass is 474 g/mol. The van der Waals surface area contributed by atoms with Crippen LogP contribution in [-0.4, -0.2) is 53.7 Å². The number of hydrogen-bond acceptors (Lipinski definition) is 9. The number of benzene rings is 2. The highest BCUT2D eigenvalue weighted by Crippen LogP contribution is 2.31. The highest BCUT2D eigenvalue weighted by molar-refractivity contribution is 7.90. The van der Waals surface area contributed by atoms with E-state index < -0.39 is 38.2 Å². The molecule has 0 saturated carbocycles. The number of imide groups is 1. The summed E-state index contributed by atoms with van der Waals surface area (Å²) in [6, 6.07) is 8.20. The summed E-state index contributed by atoms with van der Waals surface area (Å²) in [5.41, 5.74) is -0.311. The minimum absolute atomic E-state index is 0.0718. The van der Waals surface area contributed by atoms with Gasteiger partial charge in [0.1, 0.15) is 5.56 Å². The van der Waals surface area contributed by atoms with Gasteiger partial charge < -0.3 is 5.32 Å². The molecule has 1 aromatic heterocycles. The quantitative estimate of drug-likeness (QED) is 0.324. The van der Waals surface area contributed by atoms with Gasteiger partial charge in [0.25, 0.3) is 17.5 Å². The SMILES string of the molecule is CS(=O)(=O)c1ccc2nc(NC(=O)CCN3C(=O)c4cccc([N+](=O)[O-])c4C3=O)sc2c1. The Morgan fingerprint density at radius 1 is 1.22 bits per heavy atom. The van der Waals surface area contributed by atoms with Crippen molar-refractivity contribution in [3.63, 3.8) is 0 Å². The number of thiazole rings is 1. The lowest BCUT2D eigenvalue weighted by atomic mass is 10.1. The van der Waals surface area contributed by atoms with Crippen molar-refractivity contribution in [3.8, 4) is 0 Å². The van der Waals surface area contributed by atoms with Crippen LogP contribution in [-0.2, 0) is 14.6 Å². The summed E-state index contributed by atoms with van der Waals surface area (Å²) in [5, 5.41) is 13.9. The molecule has 1 N–H and O–H groups in total. The van der Waals surface area contributed by atoms with E-state index in [1.807, 2.05) is 0 Å². The van der Waals surface area contributed by atoms with Crippen LogP contribution in [0.25, 0.3) is 10.2 Å². The number of anilines is 1. The van der Waals surface area contributed by atoms with E-state index >= 15 is 0 Å². The van der Waals surface area contributed by atoms with Crippen LogP contribution < -0.4 is 5.32 Å². The molecule has 164 valence electrons. The fourth-order valence-corrected chi connectivity index (χ4v) is 4.90. The molecule has 0 atom stereocenters. The first-order valence-electron chi connectivity index (χ1n) is 9.10. The van der Waals surface area contributed by atoms with Crippen LogP contribution in [0.3, 0.4) is 0 Å². The topological polar surface area (TPSA) is 157 Å². The van der Waals surface area contributed by atoms with E-state index in [9.17, 15) is 32.9 Å². The summed E-state index contributed by atoms with van der Waals surface area (Å²) in [7, 11) is -3.39. The van der Waals surface area contributed by atoms with Crippen molar-refractivity contribution < 1.29 is 27.7 Å². The molecular weight excluding hydrogens is 460 g/mol. The summed E-state index contributed by atoms with van der Waals surface area (Å²) in [4.78, 5) is 52.9. The predicted molar refractivity (Wildman–Crippen MR) is 114 cm³/mol. The number of nitrogens with one attached hydrogen (secondary N) is 1. The van der Waals surface area contributed by atoms with Crippen LogP contribution >= 0.6 is 11.3 Å². The van der Waals surface area contributed by atoms with E-state index in [1.165, 1.54) is 30.3 Å². The average molecular weight is 474 g/mol. The van der Waals surface area contributed by atoms with Crippen molar-refractivity contribution in [2.24, 2.45) is 0 Å². The zero-order valence-corrected chi connectivity index (χ0v) is 18.0. The molecule has 0 bridgehead atoms. The third-order valence-electron chi connectivity index (χ3n) is 4.77. The third-order valence-corrected chi connectivity index (χ3v) is 6.81. The molecule has 0 spiro atoms. The molecule has 3 amide bonds. The molecular formula is C19H14N4O7S2. The Hall–Kier alpha value is -3.71. The Bertz CT molecular complexity index is 1430. The number of carbonyl (C=O) groups is 3. The van der Waals surface area contributed by atoms with Crippen molar-refractivity contribution in [2.75, 3.05) is 18.1 Å². The fraction of sp³-hybridized carbons (Fsp3) is 0.158. The second-order valence-electron chi connectivity index (χ2n) is 6.94. The zero-order chi connectivity index (χ0) is 23.2. The highest BCUT2D eigenvalue weighted by atomic mass is 32.2. The van der Waals surface area contributed by atoms with Crippen LogP contribution in [0.1, 0.15) is 27.1 Å². The number of rotatable bonds is 6. The van der Waals surface area contributed by atoms with Gasteiger partial charge in [-0.25, -0.2) is 13.4 Å². The van der Waals surface area contributed by atoms with E-state index in [4.69, 9.17) is 0 Å². The van der Waals surface area contributed by atoms with Gasteiger partial charge in [-0.15, -0.1) is 0 Å². The van der Waals surface area contributed by atoms with E-state index in [1.54, 1.807) is 0 Å². The second-order valence-corrected chi connectivity index (χ2v) is 9.98. The maximum absolute atomic E-state index is 12.5. The molecule has 0 aliphatic carbocycles. The third kappa shape index (κ3) is 3.83. The number of nitrogens with zero attached hydrogens (tertiary/aromatic N) is 3. The molecule has 3 aromatic rings. The van der Waals surface area contributed by atoms with Gasteiger partial charge in [0, 0.05) is 25.3 Å². The summed E-state index contributed by atoms with van der Waals surface area (Å²) >= 11 is 1.08. The molecule has 0 radical (unpaired) electrons. The molecule has 0 fully saturated rings. The lowest BCUT2D eigenvalue weighted by Gasteiger charge is -2.12. The van der Waals surface area contributed by atoms with Crippen molar-refractivity contribution in [1.82, 2.24) is 9.88 Å². The number of amides is 3. The molecule has 11 nitrogen and oxygen atoms in total. The van der Waals surface area contributed by atoms with E-state index in [0.29, 0.717) is 10.2 Å². The lowest BCUT2D eigenvalue weighted by Crippen LogP contribution is -2.33. The Kier molecular flexibility index (Phi) is 5.22. The van der Waals surface area contributed by atoms with Gasteiger partial charge in [0.15, 0.2) is 15.0 Å². The number of carbonyl (C=O) groups excluding carboxylic acids is 3. The number of nitro groups is 1. The fourth-order valence-electron chi connectivity index (χ4n) is 3.26. The average Bonchev–Trinajstić information content (AvgIpc) is 3.23. The van der Waals surface area contributed by atoms with Crippen LogP contribution in [0.4, 0.5) is 10.8 Å². The largest absolute Gasteiger partial charge is 0.302 e.